The van der Waals surface area contributed by atoms with Gasteiger partial charge in [-0.2, -0.15) is 8.42 Å². The largest absolute Gasteiger partial charge is 0.394 e. The normalized spacial score (nSPS) is 10.3. The van der Waals surface area contributed by atoms with E-state index in [9.17, 15) is 8.42 Å². The van der Waals surface area contributed by atoms with Gasteiger partial charge >= 0.3 is 0 Å². The average molecular weight is 315 g/mol. The average Bonchev–Trinajstić information content (AvgIpc) is 2.34. The van der Waals surface area contributed by atoms with E-state index in [1.165, 1.54) is 0 Å². The van der Waals surface area contributed by atoms with Gasteiger partial charge in [-0.1, -0.05) is 5.11 Å². The molecule has 0 amide bonds. The zero-order valence-corrected chi connectivity index (χ0v) is 12.2. The molecule has 0 aliphatic carbocycles. The van der Waals surface area contributed by atoms with Gasteiger partial charge in [0.05, 0.1) is 52.5 Å². The van der Waals surface area contributed by atoms with Crippen LogP contribution in [-0.2, 0) is 24.3 Å². The molecule has 20 heavy (non-hydrogen) atoms. The Labute approximate surface area is 118 Å². The predicted molar refractivity (Wildman–Crippen MR) is 71.0 cm³/mol. The van der Waals surface area contributed by atoms with Gasteiger partial charge in [0.1, 0.15) is 0 Å². The maximum Gasteiger partial charge on any atom is 0.261 e. The summed E-state index contributed by atoms with van der Waals surface area (Å²) in [4.78, 5) is 2.59. The van der Waals surface area contributed by atoms with Crippen LogP contribution in [0, 0.1) is 0 Å². The molecule has 0 aliphatic heterocycles. The molecule has 2 N–H and O–H groups in total. The zero-order chi connectivity index (χ0) is 15.7. The third kappa shape index (κ3) is 36.0. The van der Waals surface area contributed by atoms with Crippen molar-refractivity contribution in [3.05, 3.63) is 10.4 Å². The summed E-state index contributed by atoms with van der Waals surface area (Å²) in [5.41, 5.74) is 7.96. The van der Waals surface area contributed by atoms with Crippen molar-refractivity contribution in [1.82, 2.24) is 0 Å². The number of rotatable bonds is 11. The van der Waals surface area contributed by atoms with E-state index in [0.29, 0.717) is 52.4 Å². The first kappa shape index (κ1) is 21.4. The molecular weight excluding hydrogens is 294 g/mol. The Bertz CT molecular complexity index is 335. The van der Waals surface area contributed by atoms with Crippen molar-refractivity contribution in [3.8, 4) is 0 Å². The van der Waals surface area contributed by atoms with Crippen LogP contribution in [0.25, 0.3) is 10.4 Å². The summed E-state index contributed by atoms with van der Waals surface area (Å²) in [7, 11) is -3.67. The second-order valence-corrected chi connectivity index (χ2v) is 4.71. The lowest BCUT2D eigenvalue weighted by molar-refractivity contribution is 0.00889. The van der Waals surface area contributed by atoms with Crippen LogP contribution in [0.3, 0.4) is 0 Å². The zero-order valence-electron chi connectivity index (χ0n) is 11.3. The molecule has 0 fully saturated rings. The molecule has 0 atom stereocenters. The summed E-state index contributed by atoms with van der Waals surface area (Å²) in [5.74, 6) is 0. The van der Waals surface area contributed by atoms with Crippen LogP contribution < -0.4 is 0 Å². The van der Waals surface area contributed by atoms with Crippen LogP contribution in [0.1, 0.15) is 0 Å². The third-order valence-corrected chi connectivity index (χ3v) is 1.38. The summed E-state index contributed by atoms with van der Waals surface area (Å²) in [6, 6.07) is 0. The lowest BCUT2D eigenvalue weighted by Gasteiger charge is -2.04. The van der Waals surface area contributed by atoms with Crippen molar-refractivity contribution in [1.29, 1.82) is 0 Å². The van der Waals surface area contributed by atoms with Crippen molar-refractivity contribution < 1.29 is 32.3 Å². The Morgan fingerprint density at radius 1 is 1.05 bits per heavy atom. The van der Waals surface area contributed by atoms with Crippen LogP contribution in [0.15, 0.2) is 5.11 Å². The van der Waals surface area contributed by atoms with Gasteiger partial charge in [0.15, 0.2) is 0 Å². The van der Waals surface area contributed by atoms with E-state index < -0.39 is 10.1 Å². The molecule has 0 heterocycles. The highest BCUT2D eigenvalue weighted by Crippen LogP contribution is 1.81. The van der Waals surface area contributed by atoms with Gasteiger partial charge in [-0.15, -0.1) is 0 Å². The summed E-state index contributed by atoms with van der Waals surface area (Å²) >= 11 is 0. The standard InChI is InChI=1S/C8H17N3O4.CH4O3S/c9-11-10-1-3-13-5-7-15-8-6-14-4-2-12;1-5(2,3)4/h12H,1-8H2;1H3,(H,2,3,4). The maximum absolute atomic E-state index is 9.19. The number of nitrogens with zero attached hydrogens (tertiary/aromatic N) is 3. The molecule has 10 nitrogen and oxygen atoms in total. The smallest absolute Gasteiger partial charge is 0.261 e. The van der Waals surface area contributed by atoms with Crippen LogP contribution in [0.4, 0.5) is 0 Å². The Hall–Kier alpha value is -0.940. The van der Waals surface area contributed by atoms with E-state index in [-0.39, 0.29) is 6.61 Å². The van der Waals surface area contributed by atoms with Gasteiger partial charge in [-0.3, -0.25) is 4.55 Å². The van der Waals surface area contributed by atoms with E-state index in [0.717, 1.165) is 0 Å². The van der Waals surface area contributed by atoms with Gasteiger partial charge in [-0.05, 0) is 5.53 Å². The number of azide groups is 1. The molecule has 0 unspecified atom stereocenters. The first-order chi connectivity index (χ1) is 9.41. The second kappa shape index (κ2) is 16.1. The Balaban J connectivity index is 0. The van der Waals surface area contributed by atoms with Crippen LogP contribution in [0.5, 0.6) is 0 Å². The summed E-state index contributed by atoms with van der Waals surface area (Å²) in [6.07, 6.45) is 0.715. The monoisotopic (exact) mass is 315 g/mol. The fourth-order valence-electron chi connectivity index (χ4n) is 0.757. The van der Waals surface area contributed by atoms with Crippen LogP contribution in [-0.4, -0.2) is 77.1 Å². The fourth-order valence-corrected chi connectivity index (χ4v) is 0.757. The molecule has 0 saturated heterocycles. The summed E-state index contributed by atoms with van der Waals surface area (Å²) < 4.78 is 41.1. The number of ether oxygens (including phenoxy) is 3. The lowest BCUT2D eigenvalue weighted by atomic mass is 10.7. The Kier molecular flexibility index (Phi) is 17.2. The van der Waals surface area contributed by atoms with Gasteiger partial charge in [0.2, 0.25) is 0 Å². The molecule has 0 rings (SSSR count). The van der Waals surface area contributed by atoms with Crippen molar-refractivity contribution in [2.75, 3.05) is 59.0 Å². The highest BCUT2D eigenvalue weighted by atomic mass is 32.2. The number of aliphatic hydroxyl groups excluding tert-OH is 1. The minimum Gasteiger partial charge on any atom is -0.394 e. The first-order valence-electron chi connectivity index (χ1n) is 5.69. The van der Waals surface area contributed by atoms with E-state index in [1.54, 1.807) is 0 Å². The van der Waals surface area contributed by atoms with Gasteiger partial charge in [0.25, 0.3) is 10.1 Å². The molecule has 0 radical (unpaired) electrons. The predicted octanol–water partition coefficient (Wildman–Crippen LogP) is -0.157. The maximum atomic E-state index is 9.19. The van der Waals surface area contributed by atoms with Crippen molar-refractivity contribution in [2.45, 2.75) is 0 Å². The molecule has 0 aromatic carbocycles. The van der Waals surface area contributed by atoms with E-state index in [1.807, 2.05) is 0 Å². The number of aliphatic hydroxyl groups is 1. The van der Waals surface area contributed by atoms with Crippen molar-refractivity contribution in [2.24, 2.45) is 5.11 Å². The molecule has 11 heteroatoms. The van der Waals surface area contributed by atoms with E-state index in [2.05, 4.69) is 10.0 Å². The summed E-state index contributed by atoms with van der Waals surface area (Å²) in [6.45, 7) is 3.04. The third-order valence-electron chi connectivity index (χ3n) is 1.38. The molecule has 0 aromatic heterocycles. The van der Waals surface area contributed by atoms with Crippen LogP contribution in [0.2, 0.25) is 0 Å². The first-order valence-corrected chi connectivity index (χ1v) is 7.54. The Morgan fingerprint density at radius 3 is 1.85 bits per heavy atom. The molecule has 0 spiro atoms. The van der Waals surface area contributed by atoms with Crippen molar-refractivity contribution in [3.63, 3.8) is 0 Å². The molecule has 120 valence electrons. The highest BCUT2D eigenvalue weighted by molar-refractivity contribution is 7.85. The van der Waals surface area contributed by atoms with Crippen molar-refractivity contribution >= 4 is 10.1 Å². The number of hydrogen-bond donors (Lipinski definition) is 2. The van der Waals surface area contributed by atoms with Gasteiger partial charge < -0.3 is 19.3 Å². The molecule has 0 aromatic rings. The quantitative estimate of drug-likeness (QED) is 0.177. The molecule has 0 saturated carbocycles. The Morgan fingerprint density at radius 2 is 1.45 bits per heavy atom. The highest BCUT2D eigenvalue weighted by Gasteiger charge is 1.90. The molecule has 0 aliphatic rings. The molecular formula is C9H21N3O7S. The topological polar surface area (TPSA) is 151 Å². The van der Waals surface area contributed by atoms with E-state index >= 15 is 0 Å². The van der Waals surface area contributed by atoms with Crippen LogP contribution >= 0.6 is 0 Å². The minimum absolute atomic E-state index is 0.0303. The second-order valence-electron chi connectivity index (χ2n) is 3.25. The fraction of sp³-hybridized carbons (Fsp3) is 1.00. The van der Waals surface area contributed by atoms with Gasteiger partial charge in [0, 0.05) is 11.5 Å². The molecule has 0 bridgehead atoms. The van der Waals surface area contributed by atoms with E-state index in [4.69, 9.17) is 29.4 Å². The SMILES string of the molecule is CS(=O)(=O)O.[N-]=[N+]=NCCOCCOCCOCCO. The summed E-state index contributed by atoms with van der Waals surface area (Å²) in [5, 5.41) is 11.7. The van der Waals surface area contributed by atoms with Gasteiger partial charge in [-0.25, -0.2) is 0 Å². The minimum atomic E-state index is -3.67. The number of hydrogen-bond acceptors (Lipinski definition) is 7. The lowest BCUT2D eigenvalue weighted by Crippen LogP contribution is -2.11.